The van der Waals surface area contributed by atoms with E-state index >= 15 is 0 Å². The average molecular weight is 408 g/mol. The fourth-order valence-electron chi connectivity index (χ4n) is 3.59. The summed E-state index contributed by atoms with van der Waals surface area (Å²) in [5, 5.41) is 13.0. The highest BCUT2D eigenvalue weighted by Gasteiger charge is 2.30. The van der Waals surface area contributed by atoms with Gasteiger partial charge in [-0.25, -0.2) is 0 Å². The Bertz CT molecular complexity index is 1140. The highest BCUT2D eigenvalue weighted by molar-refractivity contribution is 6.05. The number of carbonyl (C=O) groups excluding carboxylic acids is 3. The number of carbonyl (C=O) groups is 3. The molecule has 8 nitrogen and oxygen atoms in total. The lowest BCUT2D eigenvalue weighted by atomic mass is 10.1. The molecule has 2 N–H and O–H groups in total. The van der Waals surface area contributed by atoms with Crippen LogP contribution in [0, 0.1) is 0 Å². The molecule has 1 atom stereocenters. The second kappa shape index (κ2) is 7.90. The first-order chi connectivity index (χ1) is 14.4. The zero-order valence-corrected chi connectivity index (χ0v) is 16.3. The summed E-state index contributed by atoms with van der Waals surface area (Å²) < 4.78 is 10.6. The van der Waals surface area contributed by atoms with Gasteiger partial charge in [-0.3, -0.25) is 14.4 Å². The number of ether oxygens (including phenoxy) is 1. The first-order valence-electron chi connectivity index (χ1n) is 9.48. The Hall–Kier alpha value is -3.81. The minimum Gasteiger partial charge on any atom is -0.508 e. The molecule has 0 aliphatic carbocycles. The molecule has 2 aromatic carbocycles. The van der Waals surface area contributed by atoms with Crippen molar-refractivity contribution >= 4 is 40.1 Å². The zero-order chi connectivity index (χ0) is 21.3. The molecule has 0 radical (unpaired) electrons. The molecule has 3 aromatic rings. The van der Waals surface area contributed by atoms with E-state index in [1.165, 1.54) is 23.3 Å². The Morgan fingerprint density at radius 3 is 2.90 bits per heavy atom. The minimum atomic E-state index is -0.580. The Kier molecular flexibility index (Phi) is 5.14. The Morgan fingerprint density at radius 1 is 1.27 bits per heavy atom. The van der Waals surface area contributed by atoms with Gasteiger partial charge in [0.15, 0.2) is 6.61 Å². The summed E-state index contributed by atoms with van der Waals surface area (Å²) in [6.45, 7) is 1.33. The number of hydrogen-bond acceptors (Lipinski definition) is 6. The van der Waals surface area contributed by atoms with E-state index in [2.05, 4.69) is 5.32 Å². The number of phenols is 1. The molecule has 0 bridgehead atoms. The summed E-state index contributed by atoms with van der Waals surface area (Å²) in [5.74, 6) is -1.11. The van der Waals surface area contributed by atoms with Crippen LogP contribution >= 0.6 is 0 Å². The van der Waals surface area contributed by atoms with Crippen molar-refractivity contribution in [3.8, 4) is 5.75 Å². The van der Waals surface area contributed by atoms with Gasteiger partial charge in [0.25, 0.3) is 5.91 Å². The van der Waals surface area contributed by atoms with Gasteiger partial charge in [-0.15, -0.1) is 0 Å². The van der Waals surface area contributed by atoms with E-state index in [0.717, 1.165) is 0 Å². The van der Waals surface area contributed by atoms with Gasteiger partial charge in [0.1, 0.15) is 11.3 Å². The molecule has 1 aliphatic heterocycles. The molecular weight excluding hydrogens is 388 g/mol. The van der Waals surface area contributed by atoms with Gasteiger partial charge >= 0.3 is 5.97 Å². The number of esters is 1. The van der Waals surface area contributed by atoms with Crippen molar-refractivity contribution in [3.63, 3.8) is 0 Å². The third-order valence-corrected chi connectivity index (χ3v) is 4.96. The molecule has 154 valence electrons. The molecular formula is C22H20N2O6. The van der Waals surface area contributed by atoms with Crippen molar-refractivity contribution in [3.05, 3.63) is 54.3 Å². The van der Waals surface area contributed by atoms with E-state index < -0.39 is 18.5 Å². The molecule has 0 unspecified atom stereocenters. The molecule has 0 saturated heterocycles. The van der Waals surface area contributed by atoms with Gasteiger partial charge in [-0.1, -0.05) is 12.1 Å². The number of rotatable bonds is 4. The number of fused-ring (bicyclic) bond motifs is 2. The van der Waals surface area contributed by atoms with E-state index in [0.29, 0.717) is 27.9 Å². The Labute approximate surface area is 172 Å². The third-order valence-electron chi connectivity index (χ3n) is 4.96. The van der Waals surface area contributed by atoms with Crippen LogP contribution in [-0.2, 0) is 25.5 Å². The number of para-hydroxylation sites is 2. The predicted molar refractivity (Wildman–Crippen MR) is 109 cm³/mol. The monoisotopic (exact) mass is 408 g/mol. The van der Waals surface area contributed by atoms with E-state index in [-0.39, 0.29) is 30.5 Å². The number of nitrogens with zero attached hydrogens (tertiary/aromatic N) is 1. The van der Waals surface area contributed by atoms with Crippen molar-refractivity contribution in [2.75, 3.05) is 16.8 Å². The molecule has 2 amide bonds. The second-order valence-corrected chi connectivity index (χ2v) is 7.16. The maximum atomic E-state index is 12.9. The summed E-state index contributed by atoms with van der Waals surface area (Å²) in [6.07, 6.45) is 1.50. The summed E-state index contributed by atoms with van der Waals surface area (Å²) in [6, 6.07) is 11.2. The van der Waals surface area contributed by atoms with Crippen LogP contribution in [0.15, 0.2) is 53.1 Å². The van der Waals surface area contributed by atoms with Gasteiger partial charge in [-0.2, -0.15) is 0 Å². The molecule has 0 saturated carbocycles. The van der Waals surface area contributed by atoms with Crippen molar-refractivity contribution in [1.82, 2.24) is 0 Å². The Balaban J connectivity index is 1.45. The lowest BCUT2D eigenvalue weighted by Gasteiger charge is -2.27. The molecule has 0 fully saturated rings. The molecule has 1 aromatic heterocycles. The van der Waals surface area contributed by atoms with Crippen molar-refractivity contribution < 1.29 is 28.6 Å². The lowest BCUT2D eigenvalue weighted by Crippen LogP contribution is -2.41. The molecule has 1 aliphatic rings. The maximum Gasteiger partial charge on any atom is 0.310 e. The van der Waals surface area contributed by atoms with Gasteiger partial charge in [0.05, 0.1) is 24.1 Å². The predicted octanol–water partition coefficient (Wildman–Crippen LogP) is 2.99. The number of nitrogens with one attached hydrogen (secondary N) is 1. The van der Waals surface area contributed by atoms with Gasteiger partial charge < -0.3 is 24.5 Å². The quantitative estimate of drug-likeness (QED) is 0.643. The zero-order valence-electron chi connectivity index (χ0n) is 16.3. The highest BCUT2D eigenvalue weighted by atomic mass is 16.5. The Morgan fingerprint density at radius 2 is 2.07 bits per heavy atom. The summed E-state index contributed by atoms with van der Waals surface area (Å²) in [4.78, 5) is 38.7. The minimum absolute atomic E-state index is 0.0661. The van der Waals surface area contributed by atoms with Crippen LogP contribution in [0.5, 0.6) is 5.75 Å². The summed E-state index contributed by atoms with van der Waals surface area (Å²) >= 11 is 0. The lowest BCUT2D eigenvalue weighted by molar-refractivity contribution is -0.147. The van der Waals surface area contributed by atoms with Crippen molar-refractivity contribution in [2.24, 2.45) is 0 Å². The highest BCUT2D eigenvalue weighted by Crippen LogP contribution is 2.31. The normalized spacial score (nSPS) is 16.0. The fourth-order valence-corrected chi connectivity index (χ4v) is 3.59. The van der Waals surface area contributed by atoms with Crippen LogP contribution in [0.25, 0.3) is 11.0 Å². The van der Waals surface area contributed by atoms with Gasteiger partial charge in [0.2, 0.25) is 5.91 Å². The van der Waals surface area contributed by atoms with Gasteiger partial charge in [0, 0.05) is 29.5 Å². The first kappa shape index (κ1) is 19.5. The molecule has 4 rings (SSSR count). The SMILES string of the molecule is C[C@H]1CC(=O)Nc2ccccc2N1C(=O)COC(=O)Cc1coc2cc(O)ccc12. The second-order valence-electron chi connectivity index (χ2n) is 7.16. The van der Waals surface area contributed by atoms with Crippen LogP contribution < -0.4 is 10.2 Å². The van der Waals surface area contributed by atoms with Crippen LogP contribution in [0.4, 0.5) is 11.4 Å². The number of furan rings is 1. The smallest absolute Gasteiger partial charge is 0.310 e. The molecule has 2 heterocycles. The first-order valence-corrected chi connectivity index (χ1v) is 9.48. The number of benzene rings is 2. The largest absolute Gasteiger partial charge is 0.508 e. The van der Waals surface area contributed by atoms with E-state index in [9.17, 15) is 19.5 Å². The van der Waals surface area contributed by atoms with E-state index in [1.807, 2.05) is 0 Å². The van der Waals surface area contributed by atoms with Crippen LogP contribution in [-0.4, -0.2) is 35.5 Å². The number of amides is 2. The molecule has 0 spiro atoms. The standard InChI is InChI=1S/C22H20N2O6/c1-13-8-20(26)23-17-4-2-3-5-18(17)24(13)21(27)12-30-22(28)9-14-11-29-19-10-15(25)6-7-16(14)19/h2-7,10-11,13,25H,8-9,12H2,1H3,(H,23,26)/t13-/m0/s1. The van der Waals surface area contributed by atoms with Crippen LogP contribution in [0.3, 0.4) is 0 Å². The summed E-state index contributed by atoms with van der Waals surface area (Å²) in [7, 11) is 0. The van der Waals surface area contributed by atoms with Crippen LogP contribution in [0.2, 0.25) is 0 Å². The third kappa shape index (κ3) is 3.84. The average Bonchev–Trinajstić information content (AvgIpc) is 3.03. The maximum absolute atomic E-state index is 12.9. The van der Waals surface area contributed by atoms with Gasteiger partial charge in [-0.05, 0) is 31.2 Å². The topological polar surface area (TPSA) is 109 Å². The number of hydrogen-bond donors (Lipinski definition) is 2. The molecule has 30 heavy (non-hydrogen) atoms. The van der Waals surface area contributed by atoms with E-state index in [4.69, 9.17) is 9.15 Å². The van der Waals surface area contributed by atoms with Crippen molar-refractivity contribution in [1.29, 1.82) is 0 Å². The number of anilines is 2. The van der Waals surface area contributed by atoms with E-state index in [1.54, 1.807) is 37.3 Å². The summed E-state index contributed by atoms with van der Waals surface area (Å²) in [5.41, 5.74) is 2.17. The van der Waals surface area contributed by atoms with Crippen molar-refractivity contribution in [2.45, 2.75) is 25.8 Å². The molecule has 8 heteroatoms. The number of aromatic hydroxyl groups is 1. The fraction of sp³-hybridized carbons (Fsp3) is 0.227. The number of phenolic OH excluding ortho intramolecular Hbond substituents is 1. The van der Waals surface area contributed by atoms with Crippen LogP contribution in [0.1, 0.15) is 18.9 Å².